The lowest BCUT2D eigenvalue weighted by molar-refractivity contribution is 0.477. The highest BCUT2D eigenvalue weighted by atomic mass is 16.3. The predicted molar refractivity (Wildman–Crippen MR) is 90.8 cm³/mol. The molecule has 0 atom stereocenters. The van der Waals surface area contributed by atoms with Crippen LogP contribution in [0.2, 0.25) is 0 Å². The lowest BCUT2D eigenvalue weighted by Crippen LogP contribution is -1.85. The number of fused-ring (bicyclic) bond motifs is 1. The van der Waals surface area contributed by atoms with E-state index in [-0.39, 0.29) is 0 Å². The average Bonchev–Trinajstić information content (AvgIpc) is 2.99. The molecule has 0 spiro atoms. The minimum Gasteiger partial charge on any atom is -0.507 e. The monoisotopic (exact) mass is 285 g/mol. The summed E-state index contributed by atoms with van der Waals surface area (Å²) in [4.78, 5) is 3.46. The first-order chi connectivity index (χ1) is 10.8. The van der Waals surface area contributed by atoms with Gasteiger partial charge in [-0.05, 0) is 23.8 Å². The van der Waals surface area contributed by atoms with Crippen molar-refractivity contribution >= 4 is 10.9 Å². The molecule has 22 heavy (non-hydrogen) atoms. The number of para-hydroxylation sites is 2. The van der Waals surface area contributed by atoms with Crippen LogP contribution in [-0.4, -0.2) is 10.1 Å². The second-order valence-corrected chi connectivity index (χ2v) is 5.33. The molecule has 4 aromatic rings. The first-order valence-electron chi connectivity index (χ1n) is 7.28. The van der Waals surface area contributed by atoms with Crippen molar-refractivity contribution in [2.75, 3.05) is 0 Å². The summed E-state index contributed by atoms with van der Waals surface area (Å²) < 4.78 is 0. The molecule has 2 heteroatoms. The van der Waals surface area contributed by atoms with Gasteiger partial charge in [0.15, 0.2) is 0 Å². The molecule has 0 fully saturated rings. The van der Waals surface area contributed by atoms with E-state index in [0.29, 0.717) is 5.75 Å². The minimum absolute atomic E-state index is 0.297. The summed E-state index contributed by atoms with van der Waals surface area (Å²) in [6, 6.07) is 25.9. The molecule has 1 aromatic heterocycles. The number of hydrogen-bond donors (Lipinski definition) is 2. The highest BCUT2D eigenvalue weighted by molar-refractivity contribution is 5.91. The summed E-state index contributed by atoms with van der Waals surface area (Å²) in [5.74, 6) is 0.297. The highest BCUT2D eigenvalue weighted by Crippen LogP contribution is 2.37. The fourth-order valence-corrected chi connectivity index (χ4v) is 2.87. The van der Waals surface area contributed by atoms with Crippen LogP contribution in [0.5, 0.6) is 5.75 Å². The summed E-state index contributed by atoms with van der Waals surface area (Å²) in [5, 5.41) is 11.3. The Morgan fingerprint density at radius 2 is 1.27 bits per heavy atom. The van der Waals surface area contributed by atoms with Crippen molar-refractivity contribution in [2.24, 2.45) is 0 Å². The molecule has 2 nitrogen and oxygen atoms in total. The van der Waals surface area contributed by atoms with Crippen LogP contribution in [0.4, 0.5) is 0 Å². The number of aromatic nitrogens is 1. The van der Waals surface area contributed by atoms with Gasteiger partial charge in [0.25, 0.3) is 0 Å². The number of phenols is 1. The third-order valence-corrected chi connectivity index (χ3v) is 3.94. The van der Waals surface area contributed by atoms with Gasteiger partial charge in [-0.3, -0.25) is 0 Å². The second-order valence-electron chi connectivity index (χ2n) is 5.33. The minimum atomic E-state index is 0.297. The zero-order valence-corrected chi connectivity index (χ0v) is 12.0. The number of phenolic OH excluding ortho intramolecular Hbond substituents is 1. The van der Waals surface area contributed by atoms with Crippen LogP contribution < -0.4 is 0 Å². The summed E-state index contributed by atoms with van der Waals surface area (Å²) in [7, 11) is 0. The summed E-state index contributed by atoms with van der Waals surface area (Å²) in [6.07, 6.45) is 0. The van der Waals surface area contributed by atoms with Crippen LogP contribution in [0.1, 0.15) is 0 Å². The maximum absolute atomic E-state index is 10.2. The Kier molecular flexibility index (Phi) is 2.94. The van der Waals surface area contributed by atoms with Gasteiger partial charge in [0.05, 0.1) is 0 Å². The van der Waals surface area contributed by atoms with E-state index in [0.717, 1.165) is 27.9 Å². The lowest BCUT2D eigenvalue weighted by atomic mass is 9.97. The van der Waals surface area contributed by atoms with E-state index in [1.54, 1.807) is 6.07 Å². The first-order valence-corrected chi connectivity index (χ1v) is 7.28. The van der Waals surface area contributed by atoms with Gasteiger partial charge in [0.1, 0.15) is 5.75 Å². The van der Waals surface area contributed by atoms with Crippen molar-refractivity contribution in [3.8, 4) is 28.1 Å². The third kappa shape index (κ3) is 2.06. The molecule has 0 saturated carbocycles. The second kappa shape index (κ2) is 5.08. The third-order valence-electron chi connectivity index (χ3n) is 3.94. The van der Waals surface area contributed by atoms with E-state index in [4.69, 9.17) is 0 Å². The Bertz CT molecular complexity index is 920. The molecule has 1 heterocycles. The fourth-order valence-electron chi connectivity index (χ4n) is 2.87. The topological polar surface area (TPSA) is 36.0 Å². The van der Waals surface area contributed by atoms with Gasteiger partial charge in [-0.25, -0.2) is 0 Å². The fraction of sp³-hybridized carbons (Fsp3) is 0. The SMILES string of the molecule is Oc1ccccc1-c1ccccc1-c1cc2ccccc2[nH]1. The number of nitrogens with one attached hydrogen (secondary N) is 1. The van der Waals surface area contributed by atoms with Crippen LogP contribution in [0.25, 0.3) is 33.3 Å². The van der Waals surface area contributed by atoms with Crippen LogP contribution in [0.15, 0.2) is 78.9 Å². The van der Waals surface area contributed by atoms with Crippen molar-refractivity contribution in [3.63, 3.8) is 0 Å². The molecule has 0 aliphatic carbocycles. The van der Waals surface area contributed by atoms with E-state index in [1.807, 2.05) is 48.5 Å². The zero-order valence-electron chi connectivity index (χ0n) is 12.0. The van der Waals surface area contributed by atoms with Crippen LogP contribution >= 0.6 is 0 Å². The maximum atomic E-state index is 10.2. The number of H-pyrrole nitrogens is 1. The summed E-state index contributed by atoms with van der Waals surface area (Å²) in [5.41, 5.74) is 5.12. The molecule has 0 radical (unpaired) electrons. The number of benzene rings is 3. The molecule has 4 rings (SSSR count). The molecule has 3 aromatic carbocycles. The summed E-state index contributed by atoms with van der Waals surface area (Å²) >= 11 is 0. The smallest absolute Gasteiger partial charge is 0.123 e. The quantitative estimate of drug-likeness (QED) is 0.521. The van der Waals surface area contributed by atoms with Gasteiger partial charge >= 0.3 is 0 Å². The first kappa shape index (κ1) is 12.7. The Labute approximate surface area is 128 Å². The average molecular weight is 285 g/mol. The largest absolute Gasteiger partial charge is 0.507 e. The molecule has 0 bridgehead atoms. The standard InChI is InChI=1S/C20H15NO/c22-20-12-6-4-10-17(20)15-8-2-3-9-16(15)19-13-14-7-1-5-11-18(14)21-19/h1-13,21-22H. The van der Waals surface area contributed by atoms with Crippen molar-refractivity contribution in [2.45, 2.75) is 0 Å². The van der Waals surface area contributed by atoms with Gasteiger partial charge in [0, 0.05) is 27.7 Å². The Balaban J connectivity index is 1.95. The van der Waals surface area contributed by atoms with E-state index in [1.165, 1.54) is 5.39 Å². The number of rotatable bonds is 2. The lowest BCUT2D eigenvalue weighted by Gasteiger charge is -2.10. The molecule has 0 saturated heterocycles. The maximum Gasteiger partial charge on any atom is 0.123 e. The predicted octanol–water partition coefficient (Wildman–Crippen LogP) is 5.21. The number of aromatic hydroxyl groups is 1. The van der Waals surface area contributed by atoms with E-state index >= 15 is 0 Å². The molecular formula is C20H15NO. The van der Waals surface area contributed by atoms with Crippen molar-refractivity contribution in [1.29, 1.82) is 0 Å². The van der Waals surface area contributed by atoms with Crippen LogP contribution in [-0.2, 0) is 0 Å². The molecule has 106 valence electrons. The zero-order chi connectivity index (χ0) is 14.9. The number of hydrogen-bond acceptors (Lipinski definition) is 1. The van der Waals surface area contributed by atoms with Gasteiger partial charge in [-0.15, -0.1) is 0 Å². The van der Waals surface area contributed by atoms with Gasteiger partial charge in [-0.1, -0.05) is 60.7 Å². The molecule has 0 aliphatic rings. The van der Waals surface area contributed by atoms with Gasteiger partial charge in [0.2, 0.25) is 0 Å². The van der Waals surface area contributed by atoms with E-state index < -0.39 is 0 Å². The van der Waals surface area contributed by atoms with E-state index in [2.05, 4.69) is 29.2 Å². The molecule has 0 amide bonds. The van der Waals surface area contributed by atoms with Gasteiger partial charge < -0.3 is 10.1 Å². The highest BCUT2D eigenvalue weighted by Gasteiger charge is 2.11. The summed E-state index contributed by atoms with van der Waals surface area (Å²) in [6.45, 7) is 0. The van der Waals surface area contributed by atoms with Gasteiger partial charge in [-0.2, -0.15) is 0 Å². The van der Waals surface area contributed by atoms with Crippen molar-refractivity contribution in [3.05, 3.63) is 78.9 Å². The van der Waals surface area contributed by atoms with Crippen LogP contribution in [0.3, 0.4) is 0 Å². The Morgan fingerprint density at radius 3 is 2.05 bits per heavy atom. The molecule has 0 unspecified atom stereocenters. The number of aromatic amines is 1. The normalized spacial score (nSPS) is 10.9. The van der Waals surface area contributed by atoms with E-state index in [9.17, 15) is 5.11 Å². The van der Waals surface area contributed by atoms with Crippen molar-refractivity contribution < 1.29 is 5.11 Å². The molecule has 2 N–H and O–H groups in total. The Morgan fingerprint density at radius 1 is 0.636 bits per heavy atom. The Hall–Kier alpha value is -3.00. The van der Waals surface area contributed by atoms with Crippen LogP contribution in [0, 0.1) is 0 Å². The molecular weight excluding hydrogens is 270 g/mol. The van der Waals surface area contributed by atoms with Crippen molar-refractivity contribution in [1.82, 2.24) is 4.98 Å². The molecule has 0 aliphatic heterocycles.